The van der Waals surface area contributed by atoms with Crippen molar-refractivity contribution in [3.8, 4) is 0 Å². The number of anilines is 1. The molecule has 0 heterocycles. The fraction of sp³-hybridized carbons (Fsp3) is 0.200. The molecular weight excluding hydrogens is 334 g/mol. The first-order valence-corrected chi connectivity index (χ1v) is 7.38. The van der Waals surface area contributed by atoms with E-state index in [-0.39, 0.29) is 5.69 Å². The monoisotopic (exact) mass is 349 g/mol. The Bertz CT molecular complexity index is 585. The van der Waals surface area contributed by atoms with Crippen LogP contribution in [0.4, 0.5) is 11.4 Å². The lowest BCUT2D eigenvalue weighted by Gasteiger charge is -2.08. The quantitative estimate of drug-likeness (QED) is 0.455. The van der Waals surface area contributed by atoms with Gasteiger partial charge in [0.1, 0.15) is 0 Å². The average molecular weight is 350 g/mol. The number of nitro benzene ring substituents is 1. The molecule has 0 aliphatic carbocycles. The van der Waals surface area contributed by atoms with Gasteiger partial charge < -0.3 is 10.6 Å². The summed E-state index contributed by atoms with van der Waals surface area (Å²) in [6, 6.07) is 14.6. The second-order valence-corrected chi connectivity index (χ2v) is 5.45. The smallest absolute Gasteiger partial charge is 0.269 e. The molecule has 0 aliphatic rings. The SMILES string of the molecule is O=[N+]([O-])c1ccc(NCCNCc2ccc(Br)cc2)cc1. The van der Waals surface area contributed by atoms with Crippen molar-refractivity contribution >= 4 is 27.3 Å². The van der Waals surface area contributed by atoms with Crippen LogP contribution >= 0.6 is 15.9 Å². The molecule has 0 aromatic heterocycles. The van der Waals surface area contributed by atoms with E-state index in [4.69, 9.17) is 0 Å². The van der Waals surface area contributed by atoms with Gasteiger partial charge in [-0.15, -0.1) is 0 Å². The number of hydrogen-bond donors (Lipinski definition) is 2. The van der Waals surface area contributed by atoms with E-state index in [1.165, 1.54) is 17.7 Å². The lowest BCUT2D eigenvalue weighted by molar-refractivity contribution is -0.384. The second kappa shape index (κ2) is 7.75. The Morgan fingerprint density at radius 2 is 1.67 bits per heavy atom. The van der Waals surface area contributed by atoms with Crippen LogP contribution in [0.1, 0.15) is 5.56 Å². The minimum absolute atomic E-state index is 0.105. The number of non-ortho nitro benzene ring substituents is 1. The topological polar surface area (TPSA) is 67.2 Å². The molecule has 0 atom stereocenters. The van der Waals surface area contributed by atoms with Gasteiger partial charge in [-0.25, -0.2) is 0 Å². The summed E-state index contributed by atoms with van der Waals surface area (Å²) in [4.78, 5) is 10.1. The van der Waals surface area contributed by atoms with E-state index in [1.54, 1.807) is 12.1 Å². The fourth-order valence-electron chi connectivity index (χ4n) is 1.83. The van der Waals surface area contributed by atoms with Crippen LogP contribution in [0.25, 0.3) is 0 Å². The molecule has 0 unspecified atom stereocenters. The van der Waals surface area contributed by atoms with E-state index in [9.17, 15) is 10.1 Å². The van der Waals surface area contributed by atoms with Gasteiger partial charge in [0, 0.05) is 41.9 Å². The van der Waals surface area contributed by atoms with Crippen LogP contribution in [0.3, 0.4) is 0 Å². The van der Waals surface area contributed by atoms with Crippen LogP contribution in [0, 0.1) is 10.1 Å². The number of nitrogens with one attached hydrogen (secondary N) is 2. The molecule has 0 saturated carbocycles. The molecule has 2 aromatic carbocycles. The Morgan fingerprint density at radius 3 is 2.29 bits per heavy atom. The maximum atomic E-state index is 10.5. The maximum Gasteiger partial charge on any atom is 0.269 e. The first-order valence-electron chi connectivity index (χ1n) is 6.58. The summed E-state index contributed by atoms with van der Waals surface area (Å²) in [5, 5.41) is 17.1. The summed E-state index contributed by atoms with van der Waals surface area (Å²) in [6.45, 7) is 2.39. The molecule has 0 bridgehead atoms. The highest BCUT2D eigenvalue weighted by Crippen LogP contribution is 2.15. The third-order valence-electron chi connectivity index (χ3n) is 2.95. The van der Waals surface area contributed by atoms with Crippen LogP contribution in [-0.4, -0.2) is 18.0 Å². The van der Waals surface area contributed by atoms with E-state index in [1.807, 2.05) is 12.1 Å². The molecule has 0 aliphatic heterocycles. The first kappa shape index (κ1) is 15.5. The van der Waals surface area contributed by atoms with Gasteiger partial charge in [-0.3, -0.25) is 10.1 Å². The van der Waals surface area contributed by atoms with Crippen molar-refractivity contribution in [3.05, 3.63) is 68.7 Å². The van der Waals surface area contributed by atoms with E-state index in [2.05, 4.69) is 38.7 Å². The second-order valence-electron chi connectivity index (χ2n) is 4.53. The molecule has 2 rings (SSSR count). The Kier molecular flexibility index (Phi) is 5.71. The normalized spacial score (nSPS) is 10.3. The molecule has 2 aromatic rings. The predicted octanol–water partition coefficient (Wildman–Crippen LogP) is 3.56. The van der Waals surface area contributed by atoms with Gasteiger partial charge in [0.2, 0.25) is 0 Å². The molecule has 21 heavy (non-hydrogen) atoms. The molecule has 110 valence electrons. The highest BCUT2D eigenvalue weighted by atomic mass is 79.9. The van der Waals surface area contributed by atoms with Crippen molar-refractivity contribution in [3.63, 3.8) is 0 Å². The van der Waals surface area contributed by atoms with Gasteiger partial charge in [-0.05, 0) is 29.8 Å². The van der Waals surface area contributed by atoms with Crippen molar-refractivity contribution in [1.82, 2.24) is 5.32 Å². The molecule has 6 heteroatoms. The van der Waals surface area contributed by atoms with E-state index in [0.29, 0.717) is 0 Å². The Morgan fingerprint density at radius 1 is 1.00 bits per heavy atom. The molecule has 0 amide bonds. The maximum absolute atomic E-state index is 10.5. The van der Waals surface area contributed by atoms with Crippen molar-refractivity contribution in [1.29, 1.82) is 0 Å². The summed E-state index contributed by atoms with van der Waals surface area (Å²) in [6.07, 6.45) is 0. The Balaban J connectivity index is 1.67. The van der Waals surface area contributed by atoms with E-state index < -0.39 is 4.92 Å². The standard InChI is InChI=1S/C15H16BrN3O2/c16-13-3-1-12(2-4-13)11-17-9-10-18-14-5-7-15(8-6-14)19(20)21/h1-8,17-18H,9-11H2. The van der Waals surface area contributed by atoms with Gasteiger partial charge in [0.15, 0.2) is 0 Å². The van der Waals surface area contributed by atoms with Crippen LogP contribution in [0.15, 0.2) is 53.0 Å². The summed E-state index contributed by atoms with van der Waals surface area (Å²) in [5.41, 5.74) is 2.22. The lowest BCUT2D eigenvalue weighted by Crippen LogP contribution is -2.21. The zero-order chi connectivity index (χ0) is 15.1. The van der Waals surface area contributed by atoms with Gasteiger partial charge in [0.25, 0.3) is 5.69 Å². The van der Waals surface area contributed by atoms with Gasteiger partial charge >= 0.3 is 0 Å². The molecular formula is C15H16BrN3O2. The zero-order valence-electron chi connectivity index (χ0n) is 11.4. The lowest BCUT2D eigenvalue weighted by atomic mass is 10.2. The Hall–Kier alpha value is -1.92. The Labute approximate surface area is 131 Å². The predicted molar refractivity (Wildman–Crippen MR) is 87.4 cm³/mol. The summed E-state index contributed by atoms with van der Waals surface area (Å²) >= 11 is 3.41. The highest BCUT2D eigenvalue weighted by Gasteiger charge is 2.03. The number of nitrogens with zero attached hydrogens (tertiary/aromatic N) is 1. The molecule has 0 radical (unpaired) electrons. The zero-order valence-corrected chi connectivity index (χ0v) is 13.0. The molecule has 0 fully saturated rings. The van der Waals surface area contributed by atoms with Crippen LogP contribution in [0.2, 0.25) is 0 Å². The summed E-state index contributed by atoms with van der Waals surface area (Å²) < 4.78 is 1.08. The van der Waals surface area contributed by atoms with Crippen LogP contribution < -0.4 is 10.6 Å². The van der Waals surface area contributed by atoms with Crippen molar-refractivity contribution in [2.75, 3.05) is 18.4 Å². The molecule has 0 saturated heterocycles. The van der Waals surface area contributed by atoms with Crippen molar-refractivity contribution in [2.24, 2.45) is 0 Å². The molecule has 0 spiro atoms. The van der Waals surface area contributed by atoms with Crippen molar-refractivity contribution in [2.45, 2.75) is 6.54 Å². The molecule has 2 N–H and O–H groups in total. The summed E-state index contributed by atoms with van der Waals surface area (Å²) in [7, 11) is 0. The van der Waals surface area contributed by atoms with Crippen LogP contribution in [-0.2, 0) is 6.54 Å². The van der Waals surface area contributed by atoms with Gasteiger partial charge in [-0.1, -0.05) is 28.1 Å². The number of rotatable bonds is 7. The van der Waals surface area contributed by atoms with Gasteiger partial charge in [-0.2, -0.15) is 0 Å². The number of benzene rings is 2. The number of hydrogen-bond acceptors (Lipinski definition) is 4. The highest BCUT2D eigenvalue weighted by molar-refractivity contribution is 9.10. The third-order valence-corrected chi connectivity index (χ3v) is 3.48. The minimum atomic E-state index is -0.399. The summed E-state index contributed by atoms with van der Waals surface area (Å²) in [5.74, 6) is 0. The number of nitro groups is 1. The number of halogens is 1. The minimum Gasteiger partial charge on any atom is -0.384 e. The van der Waals surface area contributed by atoms with Gasteiger partial charge in [0.05, 0.1) is 4.92 Å². The largest absolute Gasteiger partial charge is 0.384 e. The van der Waals surface area contributed by atoms with Crippen molar-refractivity contribution < 1.29 is 4.92 Å². The average Bonchev–Trinajstić information content (AvgIpc) is 2.49. The first-order chi connectivity index (χ1) is 10.1. The fourth-order valence-corrected chi connectivity index (χ4v) is 2.10. The van der Waals surface area contributed by atoms with E-state index >= 15 is 0 Å². The third kappa shape index (κ3) is 5.17. The molecule has 5 nitrogen and oxygen atoms in total. The van der Waals surface area contributed by atoms with E-state index in [0.717, 1.165) is 29.8 Å². The van der Waals surface area contributed by atoms with Crippen LogP contribution in [0.5, 0.6) is 0 Å².